The molecule has 14 heteroatoms. The summed E-state index contributed by atoms with van der Waals surface area (Å²) in [5.74, 6) is -4.71. The van der Waals surface area contributed by atoms with Crippen molar-refractivity contribution >= 4 is 42.2 Å². The van der Waals surface area contributed by atoms with Gasteiger partial charge in [0.1, 0.15) is 12.1 Å². The average molecular weight is 429 g/mol. The number of nitrogens with one attached hydrogen (secondary N) is 4. The van der Waals surface area contributed by atoms with E-state index in [1.54, 1.807) is 0 Å². The minimum atomic E-state index is -1.54. The van der Waals surface area contributed by atoms with Crippen LogP contribution in [0.4, 0.5) is 0 Å². The van der Waals surface area contributed by atoms with E-state index < -0.39 is 60.7 Å². The van der Waals surface area contributed by atoms with E-state index in [-0.39, 0.29) is 12.2 Å². The maximum Gasteiger partial charge on any atom is 0.326 e. The third-order valence-corrected chi connectivity index (χ3v) is 3.97. The Morgan fingerprint density at radius 3 is 2.38 bits per heavy atom. The van der Waals surface area contributed by atoms with Crippen LogP contribution >= 0.6 is 12.6 Å². The van der Waals surface area contributed by atoms with Gasteiger partial charge >= 0.3 is 5.97 Å². The fourth-order valence-corrected chi connectivity index (χ4v) is 2.39. The molecule has 0 spiro atoms. The van der Waals surface area contributed by atoms with Crippen molar-refractivity contribution in [2.45, 2.75) is 31.0 Å². The number of hydrogen-bond acceptors (Lipinski definition) is 8. The summed E-state index contributed by atoms with van der Waals surface area (Å²) < 4.78 is 0. The number of thiol groups is 1. The number of aromatic nitrogens is 2. The Bertz CT molecular complexity index is 742. The molecule has 0 aliphatic carbocycles. The van der Waals surface area contributed by atoms with Crippen LogP contribution in [0.2, 0.25) is 0 Å². The molecule has 4 amide bonds. The third kappa shape index (κ3) is 8.61. The van der Waals surface area contributed by atoms with Gasteiger partial charge in [-0.05, 0) is 0 Å². The van der Waals surface area contributed by atoms with Crippen molar-refractivity contribution in [2.75, 3.05) is 12.3 Å². The lowest BCUT2D eigenvalue weighted by Gasteiger charge is -2.20. The van der Waals surface area contributed by atoms with Gasteiger partial charge < -0.3 is 37.5 Å². The summed E-state index contributed by atoms with van der Waals surface area (Å²) >= 11 is 3.93. The molecule has 3 atom stereocenters. The first-order chi connectivity index (χ1) is 13.6. The van der Waals surface area contributed by atoms with Crippen LogP contribution in [0, 0.1) is 0 Å². The lowest BCUT2D eigenvalue weighted by atomic mass is 10.1. The van der Waals surface area contributed by atoms with Gasteiger partial charge in [0.05, 0.1) is 25.3 Å². The molecule has 0 saturated carbocycles. The summed E-state index contributed by atoms with van der Waals surface area (Å²) in [5.41, 5.74) is 11.3. The van der Waals surface area contributed by atoms with Crippen LogP contribution in [-0.4, -0.2) is 75.1 Å². The van der Waals surface area contributed by atoms with Gasteiger partial charge in [-0.2, -0.15) is 12.6 Å². The van der Waals surface area contributed by atoms with E-state index in [4.69, 9.17) is 16.6 Å². The number of nitrogens with two attached hydrogens (primary N) is 2. The Kier molecular flexibility index (Phi) is 9.61. The second-order valence-corrected chi connectivity index (χ2v) is 6.34. The van der Waals surface area contributed by atoms with Crippen molar-refractivity contribution in [3.05, 3.63) is 18.2 Å². The van der Waals surface area contributed by atoms with Gasteiger partial charge in [0.2, 0.25) is 23.6 Å². The summed E-state index contributed by atoms with van der Waals surface area (Å²) in [6, 6.07) is -3.66. The van der Waals surface area contributed by atoms with Crippen molar-refractivity contribution < 1.29 is 29.1 Å². The number of amides is 4. The Morgan fingerprint density at radius 2 is 1.86 bits per heavy atom. The molecule has 3 unspecified atom stereocenters. The van der Waals surface area contributed by atoms with Crippen LogP contribution in [-0.2, 0) is 30.4 Å². The van der Waals surface area contributed by atoms with E-state index in [1.807, 2.05) is 0 Å². The molecule has 29 heavy (non-hydrogen) atoms. The van der Waals surface area contributed by atoms with E-state index >= 15 is 0 Å². The maximum atomic E-state index is 12.1. The van der Waals surface area contributed by atoms with Crippen LogP contribution in [0.3, 0.4) is 0 Å². The van der Waals surface area contributed by atoms with Crippen molar-refractivity contribution in [1.29, 1.82) is 0 Å². The normalized spacial score (nSPS) is 13.6. The first kappa shape index (κ1) is 23.9. The lowest BCUT2D eigenvalue weighted by Crippen LogP contribution is -2.55. The van der Waals surface area contributed by atoms with Gasteiger partial charge in [-0.3, -0.25) is 19.2 Å². The van der Waals surface area contributed by atoms with Crippen LogP contribution in [0.25, 0.3) is 0 Å². The maximum absolute atomic E-state index is 12.1. The zero-order chi connectivity index (χ0) is 22.0. The first-order valence-corrected chi connectivity index (χ1v) is 8.99. The molecule has 0 bridgehead atoms. The molecule has 0 radical (unpaired) electrons. The van der Waals surface area contributed by atoms with Gasteiger partial charge in [-0.25, -0.2) is 9.78 Å². The van der Waals surface area contributed by atoms with E-state index in [0.29, 0.717) is 5.69 Å². The molecule has 1 heterocycles. The van der Waals surface area contributed by atoms with Gasteiger partial charge in [0, 0.05) is 24.1 Å². The molecular weight excluding hydrogens is 406 g/mol. The number of carboxylic acid groups (broad SMARTS) is 1. The van der Waals surface area contributed by atoms with Gasteiger partial charge in [-0.1, -0.05) is 0 Å². The number of carbonyl (C=O) groups excluding carboxylic acids is 4. The highest BCUT2D eigenvalue weighted by atomic mass is 32.1. The molecule has 1 aromatic rings. The zero-order valence-electron chi connectivity index (χ0n) is 15.3. The third-order valence-electron chi connectivity index (χ3n) is 3.61. The van der Waals surface area contributed by atoms with Crippen LogP contribution in [0.5, 0.6) is 0 Å². The molecule has 0 fully saturated rings. The van der Waals surface area contributed by atoms with Crippen molar-refractivity contribution in [3.63, 3.8) is 0 Å². The molecule has 0 aromatic carbocycles. The standard InChI is InChI=1S/C15H23N7O6S/c16-8(1-7-3-18-6-20-7)13(25)19-4-12(24)21-10(5-29)14(26)22-9(15(27)28)2-11(17)23/h3,6,8-10,29H,1-2,4-5,16H2,(H2,17,23)(H,18,20)(H,19,25)(H,21,24)(H,22,26)(H,27,28). The molecule has 0 aliphatic heterocycles. The van der Waals surface area contributed by atoms with Crippen LogP contribution < -0.4 is 27.4 Å². The van der Waals surface area contributed by atoms with E-state index in [0.717, 1.165) is 0 Å². The first-order valence-electron chi connectivity index (χ1n) is 8.36. The number of aromatic amines is 1. The van der Waals surface area contributed by atoms with Crippen molar-refractivity contribution in [3.8, 4) is 0 Å². The van der Waals surface area contributed by atoms with E-state index in [9.17, 15) is 24.0 Å². The smallest absolute Gasteiger partial charge is 0.326 e. The minimum absolute atomic E-state index is 0.159. The van der Waals surface area contributed by atoms with Crippen LogP contribution in [0.1, 0.15) is 12.1 Å². The van der Waals surface area contributed by atoms with Crippen molar-refractivity contribution in [2.24, 2.45) is 11.5 Å². The number of rotatable bonds is 12. The summed E-state index contributed by atoms with van der Waals surface area (Å²) in [7, 11) is 0. The Balaban J connectivity index is 2.50. The number of imidazole rings is 1. The summed E-state index contributed by atoms with van der Waals surface area (Å²) in [6.07, 6.45) is 2.52. The summed E-state index contributed by atoms with van der Waals surface area (Å²) in [4.78, 5) is 64.6. The number of nitrogens with zero attached hydrogens (tertiary/aromatic N) is 1. The topological polar surface area (TPSA) is 222 Å². The number of aliphatic carboxylic acids is 1. The van der Waals surface area contributed by atoms with E-state index in [2.05, 4.69) is 38.5 Å². The van der Waals surface area contributed by atoms with Crippen LogP contribution in [0.15, 0.2) is 12.5 Å². The largest absolute Gasteiger partial charge is 0.480 e. The monoisotopic (exact) mass is 429 g/mol. The second-order valence-electron chi connectivity index (χ2n) is 5.98. The highest BCUT2D eigenvalue weighted by Gasteiger charge is 2.27. The molecule has 0 aliphatic rings. The molecule has 1 aromatic heterocycles. The van der Waals surface area contributed by atoms with Gasteiger partial charge in [-0.15, -0.1) is 0 Å². The molecule has 160 valence electrons. The number of carboxylic acids is 1. The number of carbonyl (C=O) groups is 5. The Hall–Kier alpha value is -3.13. The zero-order valence-corrected chi connectivity index (χ0v) is 16.1. The Labute approximate surface area is 170 Å². The summed E-state index contributed by atoms with van der Waals surface area (Å²) in [5, 5.41) is 15.7. The minimum Gasteiger partial charge on any atom is -0.480 e. The molecule has 13 nitrogen and oxygen atoms in total. The predicted octanol–water partition coefficient (Wildman–Crippen LogP) is -3.74. The molecule has 1 rings (SSSR count). The second kappa shape index (κ2) is 11.7. The SMILES string of the molecule is NC(=O)CC(NC(=O)C(CS)NC(=O)CNC(=O)C(N)Cc1cnc[nH]1)C(=O)O. The predicted molar refractivity (Wildman–Crippen MR) is 102 cm³/mol. The Morgan fingerprint density at radius 1 is 1.17 bits per heavy atom. The molecular formula is C15H23N7O6S. The quantitative estimate of drug-likeness (QED) is 0.154. The molecule has 0 saturated heterocycles. The number of hydrogen-bond donors (Lipinski definition) is 8. The highest BCUT2D eigenvalue weighted by molar-refractivity contribution is 7.80. The molecule has 9 N–H and O–H groups in total. The average Bonchev–Trinajstić information content (AvgIpc) is 3.15. The fraction of sp³-hybridized carbons (Fsp3) is 0.467. The number of primary amides is 1. The summed E-state index contributed by atoms with van der Waals surface area (Å²) in [6.45, 7) is -0.462. The fourth-order valence-electron chi connectivity index (χ4n) is 2.14. The van der Waals surface area contributed by atoms with Gasteiger partial charge in [0.15, 0.2) is 0 Å². The lowest BCUT2D eigenvalue weighted by molar-refractivity contribution is -0.143. The van der Waals surface area contributed by atoms with Crippen molar-refractivity contribution in [1.82, 2.24) is 25.9 Å². The van der Waals surface area contributed by atoms with E-state index in [1.165, 1.54) is 12.5 Å². The number of H-pyrrole nitrogens is 1. The highest BCUT2D eigenvalue weighted by Crippen LogP contribution is 1.97. The van der Waals surface area contributed by atoms with Gasteiger partial charge in [0.25, 0.3) is 0 Å².